The van der Waals surface area contributed by atoms with Crippen LogP contribution in [0.2, 0.25) is 0 Å². The fourth-order valence-corrected chi connectivity index (χ4v) is 15.6. The third-order valence-corrected chi connectivity index (χ3v) is 18.6. The van der Waals surface area contributed by atoms with Crippen molar-refractivity contribution in [2.24, 2.45) is 0 Å². The molecule has 2 aromatic heterocycles. The number of aromatic nitrogens is 2. The van der Waals surface area contributed by atoms with Gasteiger partial charge in [0.25, 0.3) is 6.71 Å². The Morgan fingerprint density at radius 2 is 0.675 bits per heavy atom. The van der Waals surface area contributed by atoms with E-state index in [-0.39, 0.29) is 13.4 Å². The van der Waals surface area contributed by atoms with E-state index in [9.17, 15) is 0 Å². The van der Waals surface area contributed by atoms with E-state index < -0.39 is 0 Å². The van der Waals surface area contributed by atoms with Crippen LogP contribution in [0, 0.1) is 0 Å². The normalized spacial score (nSPS) is 13.6. The number of hydrogen-bond donors (Lipinski definition) is 0. The molecule has 0 spiro atoms. The van der Waals surface area contributed by atoms with E-state index in [0.29, 0.717) is 0 Å². The van der Waals surface area contributed by atoms with Gasteiger partial charge < -0.3 is 23.8 Å². The van der Waals surface area contributed by atoms with Crippen LogP contribution in [0.5, 0.6) is 0 Å². The first-order valence-corrected chi connectivity index (χ1v) is 28.5. The monoisotopic (exact) mass is 1030 g/mol. The molecule has 0 saturated heterocycles. The maximum atomic E-state index is 2.65. The van der Waals surface area contributed by atoms with E-state index in [4.69, 9.17) is 0 Å². The van der Waals surface area contributed by atoms with Crippen molar-refractivity contribution in [3.63, 3.8) is 0 Å². The summed E-state index contributed by atoms with van der Waals surface area (Å²) >= 11 is 1.93. The lowest BCUT2D eigenvalue weighted by Gasteiger charge is -2.45. The first-order chi connectivity index (χ1) is 39.8. The van der Waals surface area contributed by atoms with Crippen molar-refractivity contribution in [3.05, 3.63) is 273 Å². The second kappa shape index (κ2) is 16.8. The summed E-state index contributed by atoms with van der Waals surface area (Å²) in [6, 6.07) is 102. The molecular formula is C72H45B2N5S. The van der Waals surface area contributed by atoms with Gasteiger partial charge in [0, 0.05) is 82.5 Å². The molecule has 80 heavy (non-hydrogen) atoms. The lowest BCUT2D eigenvalue weighted by atomic mass is 9.31. The summed E-state index contributed by atoms with van der Waals surface area (Å²) in [5, 5.41) is 4.98. The molecular weight excluding hydrogens is 989 g/mol. The van der Waals surface area contributed by atoms with Crippen molar-refractivity contribution < 1.29 is 0 Å². The number of para-hydroxylation sites is 7. The van der Waals surface area contributed by atoms with E-state index in [0.717, 1.165) is 28.4 Å². The van der Waals surface area contributed by atoms with Crippen molar-refractivity contribution in [3.8, 4) is 11.4 Å². The topological polar surface area (TPSA) is 19.6 Å². The summed E-state index contributed by atoms with van der Waals surface area (Å²) in [5.41, 5.74) is 25.7. The standard InChI is InChI=1S/C72H45B2N5S/c1-6-22-46(23-7-1)75-57-34-18-16-32-51(57)67-59(75)42-40-53-71(67)78(49-28-12-4-13-29-49)62-37-20-36-61-69(62)73(53)55-44-56-66(45-64(55)77(61)48-26-10-3-11-27-48)80-65-39-21-38-63-70(65)74(56)54-41-43-60-68(72(54)79(63)50-30-14-5-15-31-50)52-33-17-19-35-58(52)76(60)47-24-8-2-9-25-47/h1-45H. The maximum Gasteiger partial charge on any atom is 0.252 e. The highest BCUT2D eigenvalue weighted by molar-refractivity contribution is 8.00. The Hall–Kier alpha value is -9.88. The number of benzene rings is 12. The average Bonchev–Trinajstić information content (AvgIpc) is 3.32. The molecule has 370 valence electrons. The van der Waals surface area contributed by atoms with Gasteiger partial charge in [0.15, 0.2) is 0 Å². The average molecular weight is 1030 g/mol. The molecule has 4 aliphatic heterocycles. The van der Waals surface area contributed by atoms with E-state index in [1.54, 1.807) is 0 Å². The highest BCUT2D eigenvalue weighted by atomic mass is 32.2. The van der Waals surface area contributed by atoms with Gasteiger partial charge in [0.05, 0.1) is 33.4 Å². The third kappa shape index (κ3) is 6.00. The van der Waals surface area contributed by atoms with Gasteiger partial charge >= 0.3 is 0 Å². The molecule has 0 amide bonds. The van der Waals surface area contributed by atoms with Crippen molar-refractivity contribution in [2.45, 2.75) is 9.79 Å². The van der Waals surface area contributed by atoms with Gasteiger partial charge in [-0.3, -0.25) is 0 Å². The van der Waals surface area contributed by atoms with Crippen LogP contribution in [0.4, 0.5) is 51.2 Å². The first-order valence-electron chi connectivity index (χ1n) is 27.7. The molecule has 0 radical (unpaired) electrons. The summed E-state index contributed by atoms with van der Waals surface area (Å²) in [6.45, 7) is -0.158. The van der Waals surface area contributed by atoms with Gasteiger partial charge in [-0.05, 0) is 143 Å². The summed E-state index contributed by atoms with van der Waals surface area (Å²) in [4.78, 5) is 10.3. The van der Waals surface area contributed by atoms with Gasteiger partial charge in [0.2, 0.25) is 6.71 Å². The molecule has 0 fully saturated rings. The summed E-state index contributed by atoms with van der Waals surface area (Å²) in [5.74, 6) is 0. The lowest BCUT2D eigenvalue weighted by molar-refractivity contribution is 1.18. The van der Waals surface area contributed by atoms with Crippen LogP contribution in [0.3, 0.4) is 0 Å². The fourth-order valence-electron chi connectivity index (χ4n) is 14.4. The van der Waals surface area contributed by atoms with Crippen LogP contribution in [0.15, 0.2) is 283 Å². The molecule has 6 heterocycles. The first kappa shape index (κ1) is 44.1. The molecule has 0 aliphatic carbocycles. The van der Waals surface area contributed by atoms with E-state index in [1.165, 1.54) is 120 Å². The van der Waals surface area contributed by atoms with Gasteiger partial charge in [-0.2, -0.15) is 0 Å². The minimum Gasteiger partial charge on any atom is -0.311 e. The lowest BCUT2D eigenvalue weighted by Crippen LogP contribution is -2.64. The zero-order valence-electron chi connectivity index (χ0n) is 43.3. The van der Waals surface area contributed by atoms with Crippen LogP contribution >= 0.6 is 11.8 Å². The van der Waals surface area contributed by atoms with E-state index in [2.05, 4.69) is 297 Å². The van der Waals surface area contributed by atoms with E-state index in [1.807, 2.05) is 11.8 Å². The van der Waals surface area contributed by atoms with Gasteiger partial charge in [-0.1, -0.05) is 175 Å². The number of rotatable bonds is 5. The quantitative estimate of drug-likeness (QED) is 0.160. The van der Waals surface area contributed by atoms with Crippen LogP contribution in [0.1, 0.15) is 0 Å². The van der Waals surface area contributed by atoms with Crippen molar-refractivity contribution in [2.75, 3.05) is 14.7 Å². The predicted molar refractivity (Wildman–Crippen MR) is 339 cm³/mol. The number of hydrogen-bond acceptors (Lipinski definition) is 4. The highest BCUT2D eigenvalue weighted by Gasteiger charge is 2.48. The van der Waals surface area contributed by atoms with Crippen LogP contribution < -0.4 is 47.5 Å². The maximum absolute atomic E-state index is 2.65. The van der Waals surface area contributed by atoms with Crippen molar-refractivity contribution in [1.82, 2.24) is 9.13 Å². The molecule has 12 aromatic carbocycles. The molecule has 0 atom stereocenters. The minimum absolute atomic E-state index is 0.0574. The molecule has 0 bridgehead atoms. The van der Waals surface area contributed by atoms with Crippen molar-refractivity contribution in [1.29, 1.82) is 0 Å². The van der Waals surface area contributed by atoms with Gasteiger partial charge in [0.1, 0.15) is 0 Å². The molecule has 0 N–H and O–H groups in total. The minimum atomic E-state index is -0.100. The summed E-state index contributed by atoms with van der Waals surface area (Å²) in [6.07, 6.45) is 0. The molecule has 18 rings (SSSR count). The zero-order valence-corrected chi connectivity index (χ0v) is 44.1. The van der Waals surface area contributed by atoms with Crippen LogP contribution in [-0.4, -0.2) is 22.6 Å². The summed E-state index contributed by atoms with van der Waals surface area (Å²) < 4.78 is 4.92. The highest BCUT2D eigenvalue weighted by Crippen LogP contribution is 2.51. The zero-order chi connectivity index (χ0) is 52.2. The SMILES string of the molecule is c1ccc(N2c3cc4c(cc3B3c5ccc6c(c5N(c5ccccc5)c5cccc2c53)c2ccccc2n6-c2ccccc2)B2c3ccc5c(c3N(c3ccccc3)c3cccc(c32)S4)c2ccccc2n5-c2ccccc2)cc1. The molecule has 14 aromatic rings. The molecule has 8 heteroatoms. The smallest absolute Gasteiger partial charge is 0.252 e. The number of anilines is 9. The molecule has 4 aliphatic rings. The molecule has 5 nitrogen and oxygen atoms in total. The second-order valence-electron chi connectivity index (χ2n) is 21.5. The Balaban J connectivity index is 0.953. The Bertz CT molecular complexity index is 4890. The van der Waals surface area contributed by atoms with Crippen LogP contribution in [0.25, 0.3) is 55.0 Å². The van der Waals surface area contributed by atoms with Gasteiger partial charge in [-0.15, -0.1) is 0 Å². The fraction of sp³-hybridized carbons (Fsp3) is 0. The molecule has 0 unspecified atom stereocenters. The third-order valence-electron chi connectivity index (χ3n) is 17.5. The second-order valence-corrected chi connectivity index (χ2v) is 22.6. The Morgan fingerprint density at radius 1 is 0.263 bits per heavy atom. The largest absolute Gasteiger partial charge is 0.311 e. The molecule has 0 saturated carbocycles. The Kier molecular flexibility index (Phi) is 9.28. The van der Waals surface area contributed by atoms with Crippen LogP contribution in [-0.2, 0) is 0 Å². The Labute approximate surface area is 468 Å². The van der Waals surface area contributed by atoms with Gasteiger partial charge in [-0.25, -0.2) is 0 Å². The Morgan fingerprint density at radius 3 is 1.19 bits per heavy atom. The predicted octanol–water partition coefficient (Wildman–Crippen LogP) is 14.7. The number of nitrogens with zero attached hydrogens (tertiary/aromatic N) is 5. The number of fused-ring (bicyclic) bond motifs is 16. The van der Waals surface area contributed by atoms with Crippen molar-refractivity contribution >= 4 is 153 Å². The summed E-state index contributed by atoms with van der Waals surface area (Å²) in [7, 11) is 0. The van der Waals surface area contributed by atoms with E-state index >= 15 is 0 Å².